The molecule has 1 rings (SSSR count). The summed E-state index contributed by atoms with van der Waals surface area (Å²) in [6.07, 6.45) is 12.7. The van der Waals surface area contributed by atoms with Crippen molar-refractivity contribution in [2.75, 3.05) is 13.1 Å². The van der Waals surface area contributed by atoms with Gasteiger partial charge in [0.25, 0.3) is 0 Å². The normalized spacial score (nSPS) is 16.9. The Morgan fingerprint density at radius 2 is 1.57 bits per heavy atom. The molecule has 0 aromatic carbocycles. The predicted molar refractivity (Wildman–Crippen MR) is 63.1 cm³/mol. The largest absolute Gasteiger partial charge is 0.299 e. The van der Waals surface area contributed by atoms with Crippen LogP contribution in [0.3, 0.4) is 0 Å². The lowest BCUT2D eigenvalue weighted by Gasteiger charge is -2.30. The van der Waals surface area contributed by atoms with Gasteiger partial charge in [-0.1, -0.05) is 51.9 Å². The Balaban J connectivity index is 1.67. The number of unbranched alkanes of at least 4 members (excludes halogenated alkanes) is 7. The lowest BCUT2D eigenvalue weighted by atomic mass is 10.1. The Morgan fingerprint density at radius 1 is 0.929 bits per heavy atom. The minimum absolute atomic E-state index is 1.31. The summed E-state index contributed by atoms with van der Waals surface area (Å²) in [6.45, 7) is 7.32. The van der Waals surface area contributed by atoms with E-state index in [4.69, 9.17) is 0 Å². The van der Waals surface area contributed by atoms with Crippen molar-refractivity contribution < 1.29 is 0 Å². The maximum Gasteiger partial charge on any atom is 0.0251 e. The van der Waals surface area contributed by atoms with Gasteiger partial charge < -0.3 is 0 Å². The zero-order valence-electron chi connectivity index (χ0n) is 9.80. The Labute approximate surface area is 89.9 Å². The van der Waals surface area contributed by atoms with Crippen molar-refractivity contribution >= 4 is 0 Å². The standard InChI is InChI=1S/C13H26N/c1-2-3-4-5-6-7-8-9-11-14-12-10-13-14/h11H,2-10,12-13H2,1H3. The van der Waals surface area contributed by atoms with Crippen LogP contribution in [0.2, 0.25) is 0 Å². The van der Waals surface area contributed by atoms with E-state index in [-0.39, 0.29) is 0 Å². The fraction of sp³-hybridized carbons (Fsp3) is 0.923. The zero-order valence-corrected chi connectivity index (χ0v) is 9.80. The molecule has 1 heterocycles. The van der Waals surface area contributed by atoms with Crippen LogP contribution in [0, 0.1) is 6.54 Å². The van der Waals surface area contributed by atoms with Crippen LogP contribution in [-0.2, 0) is 0 Å². The van der Waals surface area contributed by atoms with Gasteiger partial charge in [0, 0.05) is 6.54 Å². The molecule has 0 N–H and O–H groups in total. The Kier molecular flexibility index (Phi) is 7.12. The van der Waals surface area contributed by atoms with Gasteiger partial charge in [-0.2, -0.15) is 0 Å². The highest BCUT2D eigenvalue weighted by molar-refractivity contribution is 4.76. The van der Waals surface area contributed by atoms with Gasteiger partial charge in [-0.05, 0) is 25.9 Å². The molecule has 1 heteroatoms. The molecule has 1 radical (unpaired) electrons. The first kappa shape index (κ1) is 12.0. The molecule has 0 bridgehead atoms. The van der Waals surface area contributed by atoms with Gasteiger partial charge in [0.2, 0.25) is 0 Å². The molecule has 83 valence electrons. The monoisotopic (exact) mass is 196 g/mol. The molecule has 0 aromatic rings. The van der Waals surface area contributed by atoms with Crippen molar-refractivity contribution in [1.82, 2.24) is 4.90 Å². The van der Waals surface area contributed by atoms with E-state index in [9.17, 15) is 0 Å². The third kappa shape index (κ3) is 5.64. The molecule has 1 aliphatic heterocycles. The third-order valence-electron chi connectivity index (χ3n) is 3.09. The Morgan fingerprint density at radius 3 is 2.14 bits per heavy atom. The van der Waals surface area contributed by atoms with Crippen molar-refractivity contribution in [3.63, 3.8) is 0 Å². The van der Waals surface area contributed by atoms with Crippen LogP contribution >= 0.6 is 0 Å². The first-order chi connectivity index (χ1) is 6.93. The average Bonchev–Trinajstić information content (AvgIpc) is 2.13. The SMILES string of the molecule is CCCCCCCCC[CH]N1CCC1. The highest BCUT2D eigenvalue weighted by Crippen LogP contribution is 2.13. The molecule has 0 spiro atoms. The van der Waals surface area contributed by atoms with E-state index in [1.54, 1.807) is 0 Å². The van der Waals surface area contributed by atoms with E-state index in [2.05, 4.69) is 18.4 Å². The van der Waals surface area contributed by atoms with Crippen LogP contribution in [0.15, 0.2) is 0 Å². The fourth-order valence-electron chi connectivity index (χ4n) is 1.90. The summed E-state index contributed by atoms with van der Waals surface area (Å²) in [5.74, 6) is 0. The van der Waals surface area contributed by atoms with E-state index >= 15 is 0 Å². The van der Waals surface area contributed by atoms with Crippen LogP contribution in [0.4, 0.5) is 0 Å². The van der Waals surface area contributed by atoms with Crippen LogP contribution in [0.1, 0.15) is 64.7 Å². The van der Waals surface area contributed by atoms with Crippen LogP contribution in [0.5, 0.6) is 0 Å². The molecule has 0 aliphatic carbocycles. The molecule has 0 unspecified atom stereocenters. The molecular weight excluding hydrogens is 170 g/mol. The average molecular weight is 196 g/mol. The van der Waals surface area contributed by atoms with E-state index in [0.717, 1.165) is 0 Å². The van der Waals surface area contributed by atoms with Crippen LogP contribution < -0.4 is 0 Å². The van der Waals surface area contributed by atoms with Gasteiger partial charge in [0.1, 0.15) is 0 Å². The van der Waals surface area contributed by atoms with Crippen molar-refractivity contribution in [2.24, 2.45) is 0 Å². The summed E-state index contributed by atoms with van der Waals surface area (Å²) in [4.78, 5) is 2.46. The summed E-state index contributed by atoms with van der Waals surface area (Å²) >= 11 is 0. The van der Waals surface area contributed by atoms with E-state index in [1.807, 2.05) is 0 Å². The molecule has 0 amide bonds. The van der Waals surface area contributed by atoms with Crippen molar-refractivity contribution in [2.45, 2.75) is 64.7 Å². The van der Waals surface area contributed by atoms with Gasteiger partial charge in [-0.3, -0.25) is 4.90 Å². The first-order valence-electron chi connectivity index (χ1n) is 6.51. The summed E-state index contributed by atoms with van der Waals surface area (Å²) in [6, 6.07) is 0. The van der Waals surface area contributed by atoms with E-state index in [1.165, 1.54) is 70.9 Å². The van der Waals surface area contributed by atoms with Crippen molar-refractivity contribution in [1.29, 1.82) is 0 Å². The number of hydrogen-bond acceptors (Lipinski definition) is 1. The molecule has 1 fully saturated rings. The summed E-state index contributed by atoms with van der Waals surface area (Å²) < 4.78 is 0. The smallest absolute Gasteiger partial charge is 0.0251 e. The quantitative estimate of drug-likeness (QED) is 0.504. The molecule has 1 aliphatic rings. The van der Waals surface area contributed by atoms with Crippen LogP contribution in [-0.4, -0.2) is 18.0 Å². The van der Waals surface area contributed by atoms with Gasteiger partial charge in [0.05, 0.1) is 0 Å². The maximum atomic E-state index is 2.46. The van der Waals surface area contributed by atoms with Gasteiger partial charge in [-0.15, -0.1) is 0 Å². The zero-order chi connectivity index (χ0) is 10.1. The summed E-state index contributed by atoms with van der Waals surface area (Å²) in [5.41, 5.74) is 0. The second-order valence-corrected chi connectivity index (χ2v) is 4.48. The topological polar surface area (TPSA) is 3.24 Å². The first-order valence-corrected chi connectivity index (χ1v) is 6.51. The number of hydrogen-bond donors (Lipinski definition) is 0. The second kappa shape index (κ2) is 8.28. The Hall–Kier alpha value is -0.0400. The van der Waals surface area contributed by atoms with E-state index < -0.39 is 0 Å². The van der Waals surface area contributed by atoms with E-state index in [0.29, 0.717) is 0 Å². The fourth-order valence-corrected chi connectivity index (χ4v) is 1.90. The number of likely N-dealkylation sites (tertiary alicyclic amines) is 1. The Bertz CT molecular complexity index is 118. The highest BCUT2D eigenvalue weighted by Gasteiger charge is 2.12. The van der Waals surface area contributed by atoms with Crippen molar-refractivity contribution in [3.05, 3.63) is 6.54 Å². The molecule has 0 atom stereocenters. The molecule has 14 heavy (non-hydrogen) atoms. The van der Waals surface area contributed by atoms with Gasteiger partial charge >= 0.3 is 0 Å². The minimum atomic E-state index is 1.31. The number of nitrogens with zero attached hydrogens (tertiary/aromatic N) is 1. The van der Waals surface area contributed by atoms with Crippen molar-refractivity contribution in [3.8, 4) is 0 Å². The number of rotatable bonds is 9. The van der Waals surface area contributed by atoms with Gasteiger partial charge in [0.15, 0.2) is 0 Å². The molecule has 1 nitrogen and oxygen atoms in total. The lowest BCUT2D eigenvalue weighted by molar-refractivity contribution is 0.221. The summed E-state index contributed by atoms with van der Waals surface area (Å²) in [7, 11) is 0. The van der Waals surface area contributed by atoms with Crippen LogP contribution in [0.25, 0.3) is 0 Å². The summed E-state index contributed by atoms with van der Waals surface area (Å²) in [5, 5.41) is 0. The van der Waals surface area contributed by atoms with Gasteiger partial charge in [-0.25, -0.2) is 0 Å². The maximum absolute atomic E-state index is 2.46. The molecule has 1 saturated heterocycles. The molecular formula is C13H26N. The second-order valence-electron chi connectivity index (χ2n) is 4.48. The molecule has 0 saturated carbocycles. The minimum Gasteiger partial charge on any atom is -0.299 e. The highest BCUT2D eigenvalue weighted by atomic mass is 15.2. The predicted octanol–water partition coefficient (Wildman–Crippen LogP) is 3.99. The lowest BCUT2D eigenvalue weighted by Crippen LogP contribution is -2.34. The third-order valence-corrected chi connectivity index (χ3v) is 3.09. The molecule has 0 aromatic heterocycles.